The predicted molar refractivity (Wildman–Crippen MR) is 74.3 cm³/mol. The molecule has 94 valence electrons. The van der Waals surface area contributed by atoms with Crippen LogP contribution in [0.2, 0.25) is 0 Å². The minimum Gasteiger partial charge on any atom is -0.508 e. The zero-order valence-electron chi connectivity index (χ0n) is 10.4. The maximum Gasteiger partial charge on any atom is 0.344 e. The Morgan fingerprint density at radius 3 is 2.47 bits per heavy atom. The molecule has 1 aromatic heterocycles. The van der Waals surface area contributed by atoms with E-state index in [1.54, 1.807) is 30.3 Å². The summed E-state index contributed by atoms with van der Waals surface area (Å²) < 4.78 is 5.31. The first kappa shape index (κ1) is 11.5. The average molecular weight is 252 g/mol. The standard InChI is InChI=1S/C16H12O3/c1-10-2-7-15-12(8-10)9-14(16(18)19-15)11-3-5-13(17)6-4-11/h2-9,17H,1H3. The van der Waals surface area contributed by atoms with Gasteiger partial charge in [-0.25, -0.2) is 4.79 Å². The van der Waals surface area contributed by atoms with E-state index in [1.807, 2.05) is 25.1 Å². The number of phenols is 1. The molecule has 0 radical (unpaired) electrons. The van der Waals surface area contributed by atoms with Crippen molar-refractivity contribution in [1.29, 1.82) is 0 Å². The van der Waals surface area contributed by atoms with E-state index in [0.717, 1.165) is 16.5 Å². The van der Waals surface area contributed by atoms with Gasteiger partial charge in [0.05, 0.1) is 5.56 Å². The molecule has 19 heavy (non-hydrogen) atoms. The smallest absolute Gasteiger partial charge is 0.344 e. The van der Waals surface area contributed by atoms with Crippen LogP contribution in [0.25, 0.3) is 22.1 Å². The highest BCUT2D eigenvalue weighted by Gasteiger charge is 2.07. The number of fused-ring (bicyclic) bond motifs is 1. The Morgan fingerprint density at radius 2 is 1.74 bits per heavy atom. The van der Waals surface area contributed by atoms with E-state index >= 15 is 0 Å². The topological polar surface area (TPSA) is 50.4 Å². The molecule has 0 aliphatic heterocycles. The molecule has 0 aliphatic rings. The number of rotatable bonds is 1. The molecule has 1 heterocycles. The van der Waals surface area contributed by atoms with Crippen LogP contribution in [0, 0.1) is 6.92 Å². The number of aromatic hydroxyl groups is 1. The van der Waals surface area contributed by atoms with Gasteiger partial charge >= 0.3 is 5.63 Å². The fourth-order valence-corrected chi connectivity index (χ4v) is 2.09. The normalized spacial score (nSPS) is 10.8. The molecule has 0 aliphatic carbocycles. The fourth-order valence-electron chi connectivity index (χ4n) is 2.09. The van der Waals surface area contributed by atoms with Crippen LogP contribution in [0.5, 0.6) is 5.75 Å². The van der Waals surface area contributed by atoms with Gasteiger partial charge < -0.3 is 9.52 Å². The van der Waals surface area contributed by atoms with Gasteiger partial charge in [-0.3, -0.25) is 0 Å². The van der Waals surface area contributed by atoms with Gasteiger partial charge in [0.1, 0.15) is 11.3 Å². The summed E-state index contributed by atoms with van der Waals surface area (Å²) in [6.45, 7) is 1.99. The Hall–Kier alpha value is -2.55. The van der Waals surface area contributed by atoms with Gasteiger partial charge in [0.2, 0.25) is 0 Å². The van der Waals surface area contributed by atoms with Gasteiger partial charge in [-0.15, -0.1) is 0 Å². The zero-order valence-corrected chi connectivity index (χ0v) is 10.4. The lowest BCUT2D eigenvalue weighted by atomic mass is 10.1. The molecule has 0 spiro atoms. The predicted octanol–water partition coefficient (Wildman–Crippen LogP) is 3.47. The highest BCUT2D eigenvalue weighted by Crippen LogP contribution is 2.23. The number of phenolic OH excluding ortho intramolecular Hbond substituents is 1. The van der Waals surface area contributed by atoms with E-state index in [0.29, 0.717) is 11.1 Å². The summed E-state index contributed by atoms with van der Waals surface area (Å²) in [7, 11) is 0. The minimum absolute atomic E-state index is 0.171. The molecule has 3 nitrogen and oxygen atoms in total. The summed E-state index contributed by atoms with van der Waals surface area (Å²) in [5.74, 6) is 0.171. The molecule has 1 N–H and O–H groups in total. The summed E-state index contributed by atoms with van der Waals surface area (Å²) in [4.78, 5) is 12.0. The van der Waals surface area contributed by atoms with E-state index < -0.39 is 0 Å². The van der Waals surface area contributed by atoms with Crippen LogP contribution in [0.3, 0.4) is 0 Å². The van der Waals surface area contributed by atoms with Gasteiger partial charge in [0, 0.05) is 5.39 Å². The molecule has 0 atom stereocenters. The highest BCUT2D eigenvalue weighted by atomic mass is 16.4. The van der Waals surface area contributed by atoms with Crippen molar-refractivity contribution >= 4 is 11.0 Å². The van der Waals surface area contributed by atoms with Crippen LogP contribution >= 0.6 is 0 Å². The van der Waals surface area contributed by atoms with Crippen molar-refractivity contribution in [2.75, 3.05) is 0 Å². The van der Waals surface area contributed by atoms with Gasteiger partial charge in [-0.05, 0) is 42.8 Å². The molecule has 3 heteroatoms. The summed E-state index contributed by atoms with van der Waals surface area (Å²) in [5, 5.41) is 10.2. The SMILES string of the molecule is Cc1ccc2oc(=O)c(-c3ccc(O)cc3)cc2c1. The molecule has 0 bridgehead atoms. The third kappa shape index (κ3) is 2.10. The van der Waals surface area contributed by atoms with Crippen molar-refractivity contribution in [3.63, 3.8) is 0 Å². The Balaban J connectivity index is 2.26. The minimum atomic E-state index is -0.373. The fraction of sp³-hybridized carbons (Fsp3) is 0.0625. The monoisotopic (exact) mass is 252 g/mol. The second kappa shape index (κ2) is 4.28. The van der Waals surface area contributed by atoms with Gasteiger partial charge in [0.15, 0.2) is 0 Å². The van der Waals surface area contributed by atoms with Crippen LogP contribution in [0.1, 0.15) is 5.56 Å². The van der Waals surface area contributed by atoms with E-state index in [1.165, 1.54) is 0 Å². The van der Waals surface area contributed by atoms with Gasteiger partial charge in [0.25, 0.3) is 0 Å². The third-order valence-electron chi connectivity index (χ3n) is 3.07. The molecule has 0 fully saturated rings. The first-order valence-electron chi connectivity index (χ1n) is 5.97. The third-order valence-corrected chi connectivity index (χ3v) is 3.07. The summed E-state index contributed by atoms with van der Waals surface area (Å²) >= 11 is 0. The molecular weight excluding hydrogens is 240 g/mol. The largest absolute Gasteiger partial charge is 0.508 e. The van der Waals surface area contributed by atoms with Crippen LogP contribution in [-0.2, 0) is 0 Å². The molecule has 0 amide bonds. The molecule has 2 aromatic carbocycles. The molecule has 0 saturated heterocycles. The van der Waals surface area contributed by atoms with Crippen molar-refractivity contribution in [3.8, 4) is 16.9 Å². The van der Waals surface area contributed by atoms with Gasteiger partial charge in [-0.1, -0.05) is 23.8 Å². The molecule has 0 saturated carbocycles. The van der Waals surface area contributed by atoms with Crippen molar-refractivity contribution in [2.24, 2.45) is 0 Å². The molecule has 3 aromatic rings. The molecule has 3 rings (SSSR count). The molecular formula is C16H12O3. The van der Waals surface area contributed by atoms with Crippen LogP contribution in [0.4, 0.5) is 0 Å². The summed E-state index contributed by atoms with van der Waals surface area (Å²) in [6, 6.07) is 14.0. The van der Waals surface area contributed by atoms with E-state index in [9.17, 15) is 9.90 Å². The summed E-state index contributed by atoms with van der Waals surface area (Å²) in [5.41, 5.74) is 2.55. The molecule has 0 unspecified atom stereocenters. The lowest BCUT2D eigenvalue weighted by molar-refractivity contribution is 0.475. The van der Waals surface area contributed by atoms with Gasteiger partial charge in [-0.2, -0.15) is 0 Å². The second-order valence-corrected chi connectivity index (χ2v) is 4.54. The van der Waals surface area contributed by atoms with Crippen LogP contribution < -0.4 is 5.63 Å². The van der Waals surface area contributed by atoms with E-state index in [2.05, 4.69) is 0 Å². The first-order chi connectivity index (χ1) is 9.13. The van der Waals surface area contributed by atoms with Crippen molar-refractivity contribution in [3.05, 3.63) is 64.5 Å². The summed E-state index contributed by atoms with van der Waals surface area (Å²) in [6.07, 6.45) is 0. The average Bonchev–Trinajstić information content (AvgIpc) is 2.40. The first-order valence-corrected chi connectivity index (χ1v) is 5.97. The number of aryl methyl sites for hydroxylation is 1. The lowest BCUT2D eigenvalue weighted by Crippen LogP contribution is -2.02. The Kier molecular flexibility index (Phi) is 2.60. The Bertz CT molecular complexity index is 798. The second-order valence-electron chi connectivity index (χ2n) is 4.54. The van der Waals surface area contributed by atoms with Crippen molar-refractivity contribution < 1.29 is 9.52 Å². The maximum absolute atomic E-state index is 12.0. The number of hydrogen-bond donors (Lipinski definition) is 1. The van der Waals surface area contributed by atoms with Crippen LogP contribution in [-0.4, -0.2) is 5.11 Å². The quantitative estimate of drug-likeness (QED) is 0.674. The highest BCUT2D eigenvalue weighted by molar-refractivity contribution is 5.82. The van der Waals surface area contributed by atoms with Crippen molar-refractivity contribution in [1.82, 2.24) is 0 Å². The van der Waals surface area contributed by atoms with E-state index in [4.69, 9.17) is 4.42 Å². The number of benzene rings is 2. The maximum atomic E-state index is 12.0. The Labute approximate surface area is 109 Å². The van der Waals surface area contributed by atoms with Crippen LogP contribution in [0.15, 0.2) is 57.7 Å². The Morgan fingerprint density at radius 1 is 1.00 bits per heavy atom. The number of hydrogen-bond acceptors (Lipinski definition) is 3. The van der Waals surface area contributed by atoms with E-state index in [-0.39, 0.29) is 11.4 Å². The zero-order chi connectivity index (χ0) is 13.4. The lowest BCUT2D eigenvalue weighted by Gasteiger charge is -2.03. The van der Waals surface area contributed by atoms with Crippen molar-refractivity contribution in [2.45, 2.75) is 6.92 Å².